The van der Waals surface area contributed by atoms with E-state index in [1.54, 1.807) is 0 Å². The Labute approximate surface area is 105 Å². The lowest BCUT2D eigenvalue weighted by atomic mass is 9.70. The first kappa shape index (κ1) is 12.9. The molecule has 0 aromatic rings. The van der Waals surface area contributed by atoms with Gasteiger partial charge in [-0.05, 0) is 56.3 Å². The van der Waals surface area contributed by atoms with Crippen molar-refractivity contribution in [2.75, 3.05) is 0 Å². The van der Waals surface area contributed by atoms with Gasteiger partial charge < -0.3 is 4.74 Å². The second kappa shape index (κ2) is 6.42. The van der Waals surface area contributed by atoms with Gasteiger partial charge in [-0.3, -0.25) is 4.79 Å². The lowest BCUT2D eigenvalue weighted by Crippen LogP contribution is -2.28. The van der Waals surface area contributed by atoms with Crippen LogP contribution in [-0.2, 0) is 9.53 Å². The maximum absolute atomic E-state index is 10.3. The van der Waals surface area contributed by atoms with Gasteiger partial charge in [0, 0.05) is 0 Å². The third-order valence-electron chi connectivity index (χ3n) is 5.10. The van der Waals surface area contributed by atoms with Crippen LogP contribution in [0.2, 0.25) is 0 Å². The van der Waals surface area contributed by atoms with Gasteiger partial charge in [0.05, 0.1) is 0 Å². The van der Waals surface area contributed by atoms with Crippen molar-refractivity contribution >= 4 is 6.47 Å². The highest BCUT2D eigenvalue weighted by Crippen LogP contribution is 2.40. The largest absolute Gasteiger partial charge is 0.465 e. The monoisotopic (exact) mass is 238 g/mol. The van der Waals surface area contributed by atoms with E-state index in [0.29, 0.717) is 6.47 Å². The molecule has 2 fully saturated rings. The lowest BCUT2D eigenvalue weighted by Gasteiger charge is -2.37. The number of carbonyl (C=O) groups excluding carboxylic acids is 1. The Hall–Kier alpha value is -0.530. The van der Waals surface area contributed by atoms with Crippen LogP contribution in [0.4, 0.5) is 0 Å². The number of ether oxygens (including phenoxy) is 1. The molecule has 98 valence electrons. The molecule has 0 spiro atoms. The second-order valence-corrected chi connectivity index (χ2v) is 5.96. The average molecular weight is 238 g/mol. The summed E-state index contributed by atoms with van der Waals surface area (Å²) in [4.78, 5) is 10.3. The number of hydrogen-bond donors (Lipinski definition) is 0. The zero-order valence-electron chi connectivity index (χ0n) is 11.1. The minimum Gasteiger partial charge on any atom is -0.465 e. The molecule has 2 saturated carbocycles. The summed E-state index contributed by atoms with van der Waals surface area (Å²) in [5.41, 5.74) is 0. The molecule has 0 bridgehead atoms. The molecule has 2 heteroatoms. The molecule has 17 heavy (non-hydrogen) atoms. The van der Waals surface area contributed by atoms with Gasteiger partial charge in [0.1, 0.15) is 6.10 Å². The average Bonchev–Trinajstić information content (AvgIpc) is 2.40. The van der Waals surface area contributed by atoms with Crippen molar-refractivity contribution in [1.29, 1.82) is 0 Å². The van der Waals surface area contributed by atoms with E-state index >= 15 is 0 Å². The molecule has 0 saturated heterocycles. The zero-order valence-corrected chi connectivity index (χ0v) is 11.1. The molecule has 0 N–H and O–H groups in total. The van der Waals surface area contributed by atoms with E-state index in [1.807, 2.05) is 0 Å². The topological polar surface area (TPSA) is 26.3 Å². The molecule has 2 rings (SSSR count). The van der Waals surface area contributed by atoms with Gasteiger partial charge in [0.2, 0.25) is 0 Å². The number of hydrogen-bond acceptors (Lipinski definition) is 2. The second-order valence-electron chi connectivity index (χ2n) is 5.96. The van der Waals surface area contributed by atoms with Gasteiger partial charge in [-0.25, -0.2) is 0 Å². The highest BCUT2D eigenvalue weighted by Gasteiger charge is 2.30. The minimum atomic E-state index is 0.218. The van der Waals surface area contributed by atoms with Gasteiger partial charge in [-0.15, -0.1) is 0 Å². The molecule has 0 aliphatic heterocycles. The summed E-state index contributed by atoms with van der Waals surface area (Å²) < 4.78 is 5.07. The first-order valence-electron chi connectivity index (χ1n) is 7.42. The SMILES string of the molecule is CCC1CCC(C2CCC(OC=O)CC2)CC1. The highest BCUT2D eigenvalue weighted by molar-refractivity contribution is 5.37. The Bertz CT molecular complexity index is 223. The number of carbonyl (C=O) groups is 1. The molecule has 2 aliphatic carbocycles. The molecule has 0 amide bonds. The molecular weight excluding hydrogens is 212 g/mol. The summed E-state index contributed by atoms with van der Waals surface area (Å²) in [6.07, 6.45) is 12.1. The fourth-order valence-corrected chi connectivity index (χ4v) is 3.84. The predicted octanol–water partition coefficient (Wildman–Crippen LogP) is 3.93. The van der Waals surface area contributed by atoms with Crippen LogP contribution in [0.25, 0.3) is 0 Å². The van der Waals surface area contributed by atoms with Crippen LogP contribution in [-0.4, -0.2) is 12.6 Å². The summed E-state index contributed by atoms with van der Waals surface area (Å²) in [6.45, 7) is 2.95. The fourth-order valence-electron chi connectivity index (χ4n) is 3.84. The standard InChI is InChI=1S/C15H26O2/c1-2-12-3-5-13(6-4-12)14-7-9-15(10-8-14)17-11-16/h11-15H,2-10H2,1H3. The number of rotatable bonds is 4. The molecular formula is C15H26O2. The van der Waals surface area contributed by atoms with Crippen LogP contribution in [0, 0.1) is 17.8 Å². The Balaban J connectivity index is 1.72. The minimum absolute atomic E-state index is 0.218. The van der Waals surface area contributed by atoms with Crippen LogP contribution in [0.3, 0.4) is 0 Å². The van der Waals surface area contributed by atoms with Crippen molar-refractivity contribution in [1.82, 2.24) is 0 Å². The Morgan fingerprint density at radius 3 is 1.94 bits per heavy atom. The summed E-state index contributed by atoms with van der Waals surface area (Å²) in [6, 6.07) is 0. The molecule has 0 heterocycles. The van der Waals surface area contributed by atoms with Gasteiger partial charge >= 0.3 is 0 Å². The fraction of sp³-hybridized carbons (Fsp3) is 0.933. The molecule has 0 aromatic carbocycles. The van der Waals surface area contributed by atoms with Crippen LogP contribution in [0.5, 0.6) is 0 Å². The van der Waals surface area contributed by atoms with Gasteiger partial charge in [-0.2, -0.15) is 0 Å². The molecule has 2 aliphatic rings. The van der Waals surface area contributed by atoms with Crippen molar-refractivity contribution in [2.45, 2.75) is 70.8 Å². The summed E-state index contributed by atoms with van der Waals surface area (Å²) in [7, 11) is 0. The Kier molecular flexibility index (Phi) is 4.87. The van der Waals surface area contributed by atoms with Gasteiger partial charge in [-0.1, -0.05) is 26.2 Å². The van der Waals surface area contributed by atoms with Crippen LogP contribution in [0.1, 0.15) is 64.7 Å². The van der Waals surface area contributed by atoms with Gasteiger partial charge in [0.25, 0.3) is 6.47 Å². The smallest absolute Gasteiger partial charge is 0.293 e. The van der Waals surface area contributed by atoms with E-state index in [1.165, 1.54) is 44.9 Å². The van der Waals surface area contributed by atoms with Crippen molar-refractivity contribution in [2.24, 2.45) is 17.8 Å². The molecule has 0 unspecified atom stereocenters. The van der Waals surface area contributed by atoms with E-state index in [2.05, 4.69) is 6.92 Å². The zero-order chi connectivity index (χ0) is 12.1. The maximum Gasteiger partial charge on any atom is 0.293 e. The Morgan fingerprint density at radius 2 is 1.47 bits per heavy atom. The summed E-state index contributed by atoms with van der Waals surface area (Å²) >= 11 is 0. The quantitative estimate of drug-likeness (QED) is 0.694. The van der Waals surface area contributed by atoms with E-state index in [0.717, 1.165) is 30.6 Å². The Morgan fingerprint density at radius 1 is 0.941 bits per heavy atom. The summed E-state index contributed by atoms with van der Waals surface area (Å²) in [5.74, 6) is 2.88. The summed E-state index contributed by atoms with van der Waals surface area (Å²) in [5, 5.41) is 0. The van der Waals surface area contributed by atoms with Crippen molar-refractivity contribution in [3.05, 3.63) is 0 Å². The van der Waals surface area contributed by atoms with Crippen molar-refractivity contribution in [3.8, 4) is 0 Å². The lowest BCUT2D eigenvalue weighted by molar-refractivity contribution is -0.135. The molecule has 0 radical (unpaired) electrons. The van der Waals surface area contributed by atoms with E-state index in [9.17, 15) is 4.79 Å². The van der Waals surface area contributed by atoms with Crippen molar-refractivity contribution < 1.29 is 9.53 Å². The van der Waals surface area contributed by atoms with Crippen molar-refractivity contribution in [3.63, 3.8) is 0 Å². The van der Waals surface area contributed by atoms with Crippen LogP contribution < -0.4 is 0 Å². The molecule has 2 nitrogen and oxygen atoms in total. The van der Waals surface area contributed by atoms with Gasteiger partial charge in [0.15, 0.2) is 0 Å². The highest BCUT2D eigenvalue weighted by atomic mass is 16.5. The predicted molar refractivity (Wildman–Crippen MR) is 68.6 cm³/mol. The first-order chi connectivity index (χ1) is 8.33. The van der Waals surface area contributed by atoms with E-state index < -0.39 is 0 Å². The van der Waals surface area contributed by atoms with Crippen LogP contribution >= 0.6 is 0 Å². The van der Waals surface area contributed by atoms with Crippen LogP contribution in [0.15, 0.2) is 0 Å². The normalized spacial score (nSPS) is 38.6. The molecule has 0 aromatic heterocycles. The van der Waals surface area contributed by atoms with E-state index in [4.69, 9.17) is 4.74 Å². The third-order valence-corrected chi connectivity index (χ3v) is 5.10. The maximum atomic E-state index is 10.3. The third kappa shape index (κ3) is 3.46. The van der Waals surface area contributed by atoms with E-state index in [-0.39, 0.29) is 6.10 Å². The first-order valence-corrected chi connectivity index (χ1v) is 7.42. The molecule has 0 atom stereocenters.